The van der Waals surface area contributed by atoms with Crippen LogP contribution in [0.5, 0.6) is 0 Å². The van der Waals surface area contributed by atoms with E-state index < -0.39 is 11.9 Å². The first-order valence-electron chi connectivity index (χ1n) is 9.94. The van der Waals surface area contributed by atoms with Crippen LogP contribution in [-0.4, -0.2) is 35.9 Å². The minimum absolute atomic E-state index is 0.127. The lowest BCUT2D eigenvalue weighted by molar-refractivity contribution is -0.122. The number of esters is 1. The number of anilines is 2. The van der Waals surface area contributed by atoms with Gasteiger partial charge in [0, 0.05) is 29.6 Å². The maximum absolute atomic E-state index is 12.7. The molecule has 4 rings (SSSR count). The second-order valence-electron chi connectivity index (χ2n) is 7.07. The van der Waals surface area contributed by atoms with Gasteiger partial charge >= 0.3 is 5.97 Å². The largest absolute Gasteiger partial charge is 0.462 e. The molecular weight excluding hydrogens is 414 g/mol. The lowest BCUT2D eigenvalue weighted by atomic mass is 10.1. The van der Waals surface area contributed by atoms with Gasteiger partial charge < -0.3 is 15.0 Å². The molecule has 3 aromatic rings. The average molecular weight is 436 g/mol. The van der Waals surface area contributed by atoms with Gasteiger partial charge in [-0.15, -0.1) is 11.3 Å². The third-order valence-corrected chi connectivity index (χ3v) is 5.75. The van der Waals surface area contributed by atoms with Crippen LogP contribution in [0.3, 0.4) is 0 Å². The van der Waals surface area contributed by atoms with E-state index >= 15 is 0 Å². The van der Waals surface area contributed by atoms with Crippen molar-refractivity contribution < 1.29 is 19.1 Å². The molecule has 0 spiro atoms. The summed E-state index contributed by atoms with van der Waals surface area (Å²) in [6.07, 6.45) is 0.127. The Labute approximate surface area is 183 Å². The van der Waals surface area contributed by atoms with Crippen LogP contribution in [0.1, 0.15) is 23.7 Å². The number of rotatable bonds is 6. The van der Waals surface area contributed by atoms with E-state index in [0.29, 0.717) is 23.0 Å². The topological polar surface area (TPSA) is 88.6 Å². The lowest BCUT2D eigenvalue weighted by Crippen LogP contribution is -2.28. The van der Waals surface area contributed by atoms with Crippen molar-refractivity contribution in [2.24, 2.45) is 5.92 Å². The molecule has 1 saturated heterocycles. The maximum atomic E-state index is 12.7. The number of thiazole rings is 1. The molecule has 2 amide bonds. The van der Waals surface area contributed by atoms with Crippen molar-refractivity contribution in [3.63, 3.8) is 0 Å². The van der Waals surface area contributed by atoms with Crippen molar-refractivity contribution in [2.75, 3.05) is 23.4 Å². The number of aromatic nitrogens is 1. The number of nitrogens with one attached hydrogen (secondary N) is 1. The van der Waals surface area contributed by atoms with Crippen LogP contribution in [0.2, 0.25) is 0 Å². The van der Waals surface area contributed by atoms with Gasteiger partial charge in [-0.2, -0.15) is 0 Å². The number of benzene rings is 2. The summed E-state index contributed by atoms with van der Waals surface area (Å²) in [5.74, 6) is -1.24. The highest BCUT2D eigenvalue weighted by molar-refractivity contribution is 7.14. The Hall–Kier alpha value is -3.52. The number of amides is 2. The maximum Gasteiger partial charge on any atom is 0.338 e. The smallest absolute Gasteiger partial charge is 0.338 e. The zero-order valence-corrected chi connectivity index (χ0v) is 17.7. The summed E-state index contributed by atoms with van der Waals surface area (Å²) >= 11 is 1.35. The Morgan fingerprint density at radius 2 is 1.90 bits per heavy atom. The van der Waals surface area contributed by atoms with Gasteiger partial charge in [-0.3, -0.25) is 9.59 Å². The Bertz CT molecular complexity index is 1100. The monoisotopic (exact) mass is 435 g/mol. The molecule has 8 heteroatoms. The molecule has 0 radical (unpaired) electrons. The molecule has 7 nitrogen and oxygen atoms in total. The first kappa shape index (κ1) is 20.7. The molecule has 1 fully saturated rings. The standard InChI is InChI=1S/C23H21N3O4S/c1-2-30-22(29)16-8-10-18(11-9-16)26-13-17(12-20(26)27)21(28)25-23-24-19(14-31-23)15-6-4-3-5-7-15/h3-11,14,17H,2,12-13H2,1H3,(H,24,25,28). The summed E-state index contributed by atoms with van der Waals surface area (Å²) in [7, 11) is 0. The molecule has 0 bridgehead atoms. The van der Waals surface area contributed by atoms with Gasteiger partial charge in [0.05, 0.1) is 23.8 Å². The zero-order chi connectivity index (χ0) is 21.8. The van der Waals surface area contributed by atoms with Crippen LogP contribution < -0.4 is 10.2 Å². The fourth-order valence-electron chi connectivity index (χ4n) is 3.40. The summed E-state index contributed by atoms with van der Waals surface area (Å²) in [5.41, 5.74) is 2.85. The quantitative estimate of drug-likeness (QED) is 0.592. The van der Waals surface area contributed by atoms with Crippen molar-refractivity contribution in [3.05, 3.63) is 65.5 Å². The number of carbonyl (C=O) groups excluding carboxylic acids is 3. The Balaban J connectivity index is 1.39. The van der Waals surface area contributed by atoms with Crippen molar-refractivity contribution in [3.8, 4) is 11.3 Å². The Kier molecular flexibility index (Phi) is 6.08. The van der Waals surface area contributed by atoms with E-state index in [2.05, 4.69) is 10.3 Å². The van der Waals surface area contributed by atoms with E-state index in [4.69, 9.17) is 4.74 Å². The number of hydrogen-bond acceptors (Lipinski definition) is 6. The molecule has 2 heterocycles. The van der Waals surface area contributed by atoms with E-state index in [1.54, 1.807) is 36.1 Å². The van der Waals surface area contributed by atoms with E-state index in [1.165, 1.54) is 11.3 Å². The predicted octanol–water partition coefficient (Wildman–Crippen LogP) is 3.98. The number of nitrogens with zero attached hydrogens (tertiary/aromatic N) is 2. The molecule has 1 N–H and O–H groups in total. The van der Waals surface area contributed by atoms with Crippen molar-refractivity contribution in [2.45, 2.75) is 13.3 Å². The summed E-state index contributed by atoms with van der Waals surface area (Å²) in [4.78, 5) is 43.0. The first-order valence-corrected chi connectivity index (χ1v) is 10.8. The number of hydrogen-bond donors (Lipinski definition) is 1. The Morgan fingerprint density at radius 1 is 1.16 bits per heavy atom. The SMILES string of the molecule is CCOC(=O)c1ccc(N2CC(C(=O)Nc3nc(-c4ccccc4)cs3)CC2=O)cc1. The summed E-state index contributed by atoms with van der Waals surface area (Å²) in [5, 5.41) is 5.23. The van der Waals surface area contributed by atoms with Gasteiger partial charge in [-0.05, 0) is 31.2 Å². The molecule has 0 saturated carbocycles. The summed E-state index contributed by atoms with van der Waals surface area (Å²) in [6.45, 7) is 2.32. The van der Waals surface area contributed by atoms with Crippen LogP contribution >= 0.6 is 11.3 Å². The van der Waals surface area contributed by atoms with Crippen LogP contribution in [0.15, 0.2) is 60.0 Å². The first-order chi connectivity index (χ1) is 15.0. The van der Waals surface area contributed by atoms with Gasteiger partial charge in [-0.25, -0.2) is 9.78 Å². The average Bonchev–Trinajstić information content (AvgIpc) is 3.41. The molecule has 1 atom stereocenters. The Morgan fingerprint density at radius 3 is 2.61 bits per heavy atom. The highest BCUT2D eigenvalue weighted by Gasteiger charge is 2.35. The third kappa shape index (κ3) is 4.64. The molecule has 31 heavy (non-hydrogen) atoms. The minimum Gasteiger partial charge on any atom is -0.462 e. The molecule has 1 aliphatic rings. The fraction of sp³-hybridized carbons (Fsp3) is 0.217. The van der Waals surface area contributed by atoms with E-state index in [9.17, 15) is 14.4 Å². The van der Waals surface area contributed by atoms with Crippen molar-refractivity contribution >= 4 is 39.9 Å². The third-order valence-electron chi connectivity index (χ3n) is 4.99. The van der Waals surface area contributed by atoms with Gasteiger partial charge in [0.15, 0.2) is 5.13 Å². The number of carbonyl (C=O) groups is 3. The number of ether oxygens (including phenoxy) is 1. The second-order valence-corrected chi connectivity index (χ2v) is 7.92. The van der Waals surface area contributed by atoms with Crippen LogP contribution in [0.4, 0.5) is 10.8 Å². The molecule has 1 unspecified atom stereocenters. The fourth-order valence-corrected chi connectivity index (χ4v) is 4.13. The lowest BCUT2D eigenvalue weighted by Gasteiger charge is -2.17. The van der Waals surface area contributed by atoms with Gasteiger partial charge in [0.1, 0.15) is 0 Å². The summed E-state index contributed by atoms with van der Waals surface area (Å²) in [6, 6.07) is 16.3. The van der Waals surface area contributed by atoms with Gasteiger partial charge in [0.2, 0.25) is 11.8 Å². The van der Waals surface area contributed by atoms with Crippen LogP contribution in [0, 0.1) is 5.92 Å². The van der Waals surface area contributed by atoms with Crippen LogP contribution in [-0.2, 0) is 14.3 Å². The molecule has 2 aromatic carbocycles. The molecular formula is C23H21N3O4S. The van der Waals surface area contributed by atoms with Crippen LogP contribution in [0.25, 0.3) is 11.3 Å². The highest BCUT2D eigenvalue weighted by atomic mass is 32.1. The van der Waals surface area contributed by atoms with Gasteiger partial charge in [0.25, 0.3) is 0 Å². The van der Waals surface area contributed by atoms with Crippen molar-refractivity contribution in [1.82, 2.24) is 4.98 Å². The molecule has 1 aliphatic heterocycles. The molecule has 0 aliphatic carbocycles. The highest BCUT2D eigenvalue weighted by Crippen LogP contribution is 2.28. The van der Waals surface area contributed by atoms with Crippen molar-refractivity contribution in [1.29, 1.82) is 0 Å². The second kappa shape index (κ2) is 9.09. The van der Waals surface area contributed by atoms with E-state index in [0.717, 1.165) is 11.3 Å². The normalized spacial score (nSPS) is 15.7. The molecule has 1 aromatic heterocycles. The molecule has 158 valence electrons. The van der Waals surface area contributed by atoms with E-state index in [-0.39, 0.29) is 24.8 Å². The predicted molar refractivity (Wildman–Crippen MR) is 119 cm³/mol. The summed E-state index contributed by atoms with van der Waals surface area (Å²) < 4.78 is 4.97. The van der Waals surface area contributed by atoms with Gasteiger partial charge in [-0.1, -0.05) is 30.3 Å². The zero-order valence-electron chi connectivity index (χ0n) is 16.9. The van der Waals surface area contributed by atoms with E-state index in [1.807, 2.05) is 35.7 Å². The minimum atomic E-state index is -0.471.